The molecule has 0 bridgehead atoms. The van der Waals surface area contributed by atoms with Crippen molar-refractivity contribution in [1.82, 2.24) is 14.7 Å². The minimum atomic E-state index is -0.832. The Bertz CT molecular complexity index is 769. The fourth-order valence-electron chi connectivity index (χ4n) is 3.32. The number of benzene rings is 1. The average molecular weight is 341 g/mol. The van der Waals surface area contributed by atoms with Crippen LogP contribution in [0, 0.1) is 12.8 Å². The molecular weight excluding hydrogens is 318 g/mol. The molecule has 2 atom stereocenters. The van der Waals surface area contributed by atoms with E-state index in [1.165, 1.54) is 0 Å². The van der Waals surface area contributed by atoms with Crippen molar-refractivity contribution in [2.75, 3.05) is 6.54 Å². The molecular formula is C19H23N3O3. The van der Waals surface area contributed by atoms with Crippen LogP contribution in [0.5, 0.6) is 0 Å². The molecule has 132 valence electrons. The van der Waals surface area contributed by atoms with E-state index in [2.05, 4.69) is 5.10 Å². The van der Waals surface area contributed by atoms with Crippen molar-refractivity contribution >= 4 is 11.9 Å². The summed E-state index contributed by atoms with van der Waals surface area (Å²) in [5.74, 6) is -1.45. The second-order valence-corrected chi connectivity index (χ2v) is 6.71. The van der Waals surface area contributed by atoms with Gasteiger partial charge in [-0.1, -0.05) is 30.3 Å². The summed E-state index contributed by atoms with van der Waals surface area (Å²) in [6, 6.07) is 9.99. The third-order valence-electron chi connectivity index (χ3n) is 5.00. The molecule has 1 N–H and O–H groups in total. The van der Waals surface area contributed by atoms with Crippen molar-refractivity contribution in [3.8, 4) is 0 Å². The summed E-state index contributed by atoms with van der Waals surface area (Å²) in [6.45, 7) is 4.72. The van der Waals surface area contributed by atoms with Crippen LogP contribution in [-0.4, -0.2) is 44.3 Å². The minimum Gasteiger partial charge on any atom is -0.481 e. The first kappa shape index (κ1) is 17.2. The molecule has 6 nitrogen and oxygen atoms in total. The number of hydrogen-bond donors (Lipinski definition) is 1. The standard InChI is InChI=1S/C19H23N3O3/c1-13-8-9-16(19(24)25)12-21(13)18(23)17-10-20-22(14(17)2)11-15-6-4-3-5-7-15/h3-7,10,13,16H,8-9,11-12H2,1-2H3,(H,24,25). The van der Waals surface area contributed by atoms with Crippen LogP contribution in [0.25, 0.3) is 0 Å². The molecule has 0 saturated carbocycles. The third-order valence-corrected chi connectivity index (χ3v) is 5.00. The number of hydrogen-bond acceptors (Lipinski definition) is 3. The van der Waals surface area contributed by atoms with Crippen molar-refractivity contribution in [3.63, 3.8) is 0 Å². The zero-order valence-corrected chi connectivity index (χ0v) is 14.6. The molecule has 1 amide bonds. The first-order valence-electron chi connectivity index (χ1n) is 8.57. The first-order valence-corrected chi connectivity index (χ1v) is 8.57. The number of nitrogens with zero attached hydrogens (tertiary/aromatic N) is 3. The normalized spacial score (nSPS) is 20.5. The van der Waals surface area contributed by atoms with E-state index in [9.17, 15) is 14.7 Å². The first-order chi connectivity index (χ1) is 12.0. The summed E-state index contributed by atoms with van der Waals surface area (Å²) in [6.07, 6.45) is 2.92. The number of carbonyl (C=O) groups is 2. The van der Waals surface area contributed by atoms with Crippen LogP contribution in [0.4, 0.5) is 0 Å². The van der Waals surface area contributed by atoms with Crippen LogP contribution in [0.1, 0.15) is 41.4 Å². The molecule has 1 fully saturated rings. The quantitative estimate of drug-likeness (QED) is 0.927. The maximum absolute atomic E-state index is 12.9. The van der Waals surface area contributed by atoms with Gasteiger partial charge in [-0.25, -0.2) is 0 Å². The summed E-state index contributed by atoms with van der Waals surface area (Å²) < 4.78 is 1.81. The average Bonchev–Trinajstić information content (AvgIpc) is 2.96. The van der Waals surface area contributed by atoms with Crippen molar-refractivity contribution in [2.45, 2.75) is 39.3 Å². The van der Waals surface area contributed by atoms with Crippen molar-refractivity contribution in [1.29, 1.82) is 0 Å². The number of carboxylic acids is 1. The Morgan fingerprint density at radius 2 is 1.96 bits per heavy atom. The highest BCUT2D eigenvalue weighted by atomic mass is 16.4. The number of aliphatic carboxylic acids is 1. The van der Waals surface area contributed by atoms with Crippen LogP contribution < -0.4 is 0 Å². The monoisotopic (exact) mass is 341 g/mol. The fourth-order valence-corrected chi connectivity index (χ4v) is 3.32. The number of rotatable bonds is 4. The molecule has 3 rings (SSSR count). The largest absolute Gasteiger partial charge is 0.481 e. The molecule has 1 aromatic carbocycles. The predicted molar refractivity (Wildman–Crippen MR) is 93.4 cm³/mol. The molecule has 2 aromatic rings. The van der Waals surface area contributed by atoms with Gasteiger partial charge in [0.25, 0.3) is 5.91 Å². The third kappa shape index (κ3) is 3.57. The van der Waals surface area contributed by atoms with Gasteiger partial charge >= 0.3 is 5.97 Å². The minimum absolute atomic E-state index is 0.0416. The Hall–Kier alpha value is -2.63. The van der Waals surface area contributed by atoms with Crippen LogP contribution in [-0.2, 0) is 11.3 Å². The lowest BCUT2D eigenvalue weighted by atomic mass is 9.93. The van der Waals surface area contributed by atoms with Crippen molar-refractivity contribution in [3.05, 3.63) is 53.3 Å². The molecule has 1 aliphatic heterocycles. The Morgan fingerprint density at radius 3 is 2.64 bits per heavy atom. The lowest BCUT2D eigenvalue weighted by Gasteiger charge is -2.36. The van der Waals surface area contributed by atoms with Gasteiger partial charge in [0, 0.05) is 18.3 Å². The van der Waals surface area contributed by atoms with E-state index in [4.69, 9.17) is 0 Å². The maximum atomic E-state index is 12.9. The summed E-state index contributed by atoms with van der Waals surface area (Å²) in [4.78, 5) is 25.9. The lowest BCUT2D eigenvalue weighted by molar-refractivity contribution is -0.143. The van der Waals surface area contributed by atoms with Gasteiger partial charge in [0.15, 0.2) is 0 Å². The van der Waals surface area contributed by atoms with Gasteiger partial charge in [0.2, 0.25) is 0 Å². The molecule has 1 aromatic heterocycles. The van der Waals surface area contributed by atoms with Crippen molar-refractivity contribution < 1.29 is 14.7 Å². The lowest BCUT2D eigenvalue weighted by Crippen LogP contribution is -2.47. The van der Waals surface area contributed by atoms with Gasteiger partial charge in [-0.3, -0.25) is 14.3 Å². The number of likely N-dealkylation sites (tertiary alicyclic amines) is 1. The summed E-state index contributed by atoms with van der Waals surface area (Å²) in [5, 5.41) is 13.6. The smallest absolute Gasteiger partial charge is 0.308 e. The Balaban J connectivity index is 1.79. The predicted octanol–water partition coefficient (Wildman–Crippen LogP) is 2.57. The van der Waals surface area contributed by atoms with Gasteiger partial charge in [0.1, 0.15) is 0 Å². The molecule has 25 heavy (non-hydrogen) atoms. The highest BCUT2D eigenvalue weighted by molar-refractivity contribution is 5.95. The van der Waals surface area contributed by atoms with Gasteiger partial charge in [-0.15, -0.1) is 0 Å². The second kappa shape index (κ2) is 7.09. The van der Waals surface area contributed by atoms with Crippen LogP contribution in [0.3, 0.4) is 0 Å². The molecule has 0 aliphatic carbocycles. The van der Waals surface area contributed by atoms with Crippen LogP contribution >= 0.6 is 0 Å². The zero-order valence-electron chi connectivity index (χ0n) is 14.6. The van der Waals surface area contributed by atoms with E-state index < -0.39 is 11.9 Å². The van der Waals surface area contributed by atoms with Crippen LogP contribution in [0.2, 0.25) is 0 Å². The molecule has 1 aliphatic rings. The van der Waals surface area contributed by atoms with Crippen molar-refractivity contribution in [2.24, 2.45) is 5.92 Å². The van der Waals surface area contributed by atoms with Crippen LogP contribution in [0.15, 0.2) is 36.5 Å². The van der Waals surface area contributed by atoms with E-state index in [-0.39, 0.29) is 18.5 Å². The Morgan fingerprint density at radius 1 is 1.24 bits per heavy atom. The number of aromatic nitrogens is 2. The highest BCUT2D eigenvalue weighted by Gasteiger charge is 2.34. The Kier molecular flexibility index (Phi) is 4.88. The maximum Gasteiger partial charge on any atom is 0.308 e. The van der Waals surface area contributed by atoms with E-state index in [0.29, 0.717) is 24.9 Å². The van der Waals surface area contributed by atoms with Gasteiger partial charge in [-0.05, 0) is 32.3 Å². The molecule has 6 heteroatoms. The molecule has 1 saturated heterocycles. The second-order valence-electron chi connectivity index (χ2n) is 6.71. The van der Waals surface area contributed by atoms with Gasteiger partial charge in [-0.2, -0.15) is 5.10 Å². The molecule has 0 radical (unpaired) electrons. The number of amides is 1. The fraction of sp³-hybridized carbons (Fsp3) is 0.421. The highest BCUT2D eigenvalue weighted by Crippen LogP contribution is 2.25. The zero-order chi connectivity index (χ0) is 18.0. The van der Waals surface area contributed by atoms with E-state index in [1.54, 1.807) is 11.1 Å². The van der Waals surface area contributed by atoms with E-state index in [1.807, 2.05) is 48.9 Å². The van der Waals surface area contributed by atoms with Gasteiger partial charge in [0.05, 0.1) is 24.2 Å². The number of piperidine rings is 1. The Labute approximate surface area is 147 Å². The number of carboxylic acid groups (broad SMARTS) is 1. The molecule has 0 spiro atoms. The summed E-state index contributed by atoms with van der Waals surface area (Å²) in [5.41, 5.74) is 2.47. The van der Waals surface area contributed by atoms with E-state index in [0.717, 1.165) is 11.3 Å². The summed E-state index contributed by atoms with van der Waals surface area (Å²) in [7, 11) is 0. The number of carbonyl (C=O) groups excluding carboxylic acids is 1. The molecule has 2 heterocycles. The topological polar surface area (TPSA) is 75.4 Å². The molecule has 2 unspecified atom stereocenters. The summed E-state index contributed by atoms with van der Waals surface area (Å²) >= 11 is 0. The SMILES string of the molecule is Cc1c(C(=O)N2CC(C(=O)O)CCC2C)cnn1Cc1ccccc1. The van der Waals surface area contributed by atoms with E-state index >= 15 is 0 Å². The van der Waals surface area contributed by atoms with Gasteiger partial charge < -0.3 is 10.0 Å².